The minimum absolute atomic E-state index is 0.188. The van der Waals surface area contributed by atoms with Gasteiger partial charge in [0.25, 0.3) is 0 Å². The molecule has 1 aliphatic rings. The zero-order valence-corrected chi connectivity index (χ0v) is 15.8. The summed E-state index contributed by atoms with van der Waals surface area (Å²) < 4.78 is 0. The Labute approximate surface area is 163 Å². The first-order valence-corrected chi connectivity index (χ1v) is 9.26. The Bertz CT molecular complexity index is 879. The molecule has 0 aromatic heterocycles. The van der Waals surface area contributed by atoms with E-state index in [9.17, 15) is 14.4 Å². The molecule has 0 saturated carbocycles. The van der Waals surface area contributed by atoms with Crippen LogP contribution in [0.15, 0.2) is 48.5 Å². The first-order valence-electron chi connectivity index (χ1n) is 9.26. The highest BCUT2D eigenvalue weighted by Gasteiger charge is 2.20. The number of benzene rings is 2. The lowest BCUT2D eigenvalue weighted by Gasteiger charge is -2.18. The van der Waals surface area contributed by atoms with Gasteiger partial charge in [-0.15, -0.1) is 0 Å². The van der Waals surface area contributed by atoms with Crippen molar-refractivity contribution in [2.45, 2.75) is 32.4 Å². The molecule has 4 N–H and O–H groups in total. The summed E-state index contributed by atoms with van der Waals surface area (Å²) in [5.74, 6) is -0.524. The van der Waals surface area contributed by atoms with Crippen molar-refractivity contribution in [1.82, 2.24) is 4.90 Å². The minimum Gasteiger partial charge on any atom is -0.374 e. The highest BCUT2D eigenvalue weighted by Crippen LogP contribution is 2.18. The van der Waals surface area contributed by atoms with E-state index >= 15 is 0 Å². The van der Waals surface area contributed by atoms with Gasteiger partial charge in [0.1, 0.15) is 6.04 Å². The number of carbonyl (C=O) groups excluding carboxylic acids is 3. The lowest BCUT2D eigenvalue weighted by atomic mass is 10.1. The van der Waals surface area contributed by atoms with E-state index in [-0.39, 0.29) is 11.8 Å². The van der Waals surface area contributed by atoms with Crippen LogP contribution < -0.4 is 16.4 Å². The maximum atomic E-state index is 12.4. The molecule has 0 spiro atoms. The number of hydrogen-bond acceptors (Lipinski definition) is 4. The number of primary amides is 1. The quantitative estimate of drug-likeness (QED) is 0.686. The van der Waals surface area contributed by atoms with Crippen molar-refractivity contribution in [3.8, 4) is 0 Å². The van der Waals surface area contributed by atoms with Crippen molar-refractivity contribution in [3.63, 3.8) is 0 Å². The molecular weight excluding hydrogens is 356 g/mol. The first kappa shape index (κ1) is 19.4. The van der Waals surface area contributed by atoms with Crippen LogP contribution in [0.25, 0.3) is 0 Å². The Morgan fingerprint density at radius 3 is 2.54 bits per heavy atom. The number of likely N-dealkylation sites (tertiary alicyclic amines) is 1. The van der Waals surface area contributed by atoms with Gasteiger partial charge in [0.15, 0.2) is 0 Å². The third-order valence-corrected chi connectivity index (χ3v) is 4.69. The second kappa shape index (κ2) is 8.56. The van der Waals surface area contributed by atoms with Gasteiger partial charge in [0, 0.05) is 36.4 Å². The largest absolute Gasteiger partial charge is 0.374 e. The highest BCUT2D eigenvalue weighted by molar-refractivity contribution is 5.97. The molecule has 1 saturated heterocycles. The molecule has 146 valence electrons. The molecule has 0 aliphatic carbocycles. The van der Waals surface area contributed by atoms with Gasteiger partial charge < -0.3 is 21.3 Å². The van der Waals surface area contributed by atoms with Crippen LogP contribution >= 0.6 is 0 Å². The van der Waals surface area contributed by atoms with Gasteiger partial charge in [-0.1, -0.05) is 12.1 Å². The van der Waals surface area contributed by atoms with E-state index in [1.54, 1.807) is 31.2 Å². The SMILES string of the molecule is CC(Nc1cccc(CN2CCCC2=O)c1)C(=O)Nc1ccc(C(N)=O)cc1. The third-order valence-electron chi connectivity index (χ3n) is 4.69. The molecule has 1 unspecified atom stereocenters. The number of amides is 3. The van der Waals surface area contributed by atoms with Crippen LogP contribution in [-0.2, 0) is 16.1 Å². The van der Waals surface area contributed by atoms with Gasteiger partial charge in [0.05, 0.1) is 0 Å². The number of nitrogens with zero attached hydrogens (tertiary/aromatic N) is 1. The molecule has 1 atom stereocenters. The van der Waals surface area contributed by atoms with E-state index in [2.05, 4.69) is 10.6 Å². The van der Waals surface area contributed by atoms with Crippen molar-refractivity contribution in [1.29, 1.82) is 0 Å². The van der Waals surface area contributed by atoms with Crippen LogP contribution in [0.3, 0.4) is 0 Å². The van der Waals surface area contributed by atoms with Gasteiger partial charge in [0.2, 0.25) is 17.7 Å². The van der Waals surface area contributed by atoms with Crippen LogP contribution in [0.1, 0.15) is 35.7 Å². The van der Waals surface area contributed by atoms with Crippen LogP contribution in [0, 0.1) is 0 Å². The van der Waals surface area contributed by atoms with Crippen molar-refractivity contribution >= 4 is 29.1 Å². The molecule has 2 aromatic carbocycles. The van der Waals surface area contributed by atoms with E-state index in [1.165, 1.54) is 0 Å². The highest BCUT2D eigenvalue weighted by atomic mass is 16.2. The summed E-state index contributed by atoms with van der Waals surface area (Å²) >= 11 is 0. The van der Waals surface area contributed by atoms with Gasteiger partial charge in [-0.2, -0.15) is 0 Å². The minimum atomic E-state index is -0.511. The smallest absolute Gasteiger partial charge is 0.248 e. The second-order valence-corrected chi connectivity index (χ2v) is 6.92. The lowest BCUT2D eigenvalue weighted by molar-refractivity contribution is -0.128. The molecule has 0 bridgehead atoms. The predicted molar refractivity (Wildman–Crippen MR) is 108 cm³/mol. The molecule has 28 heavy (non-hydrogen) atoms. The molecule has 7 heteroatoms. The van der Waals surface area contributed by atoms with Crippen molar-refractivity contribution in [2.75, 3.05) is 17.2 Å². The number of anilines is 2. The molecule has 7 nitrogen and oxygen atoms in total. The lowest BCUT2D eigenvalue weighted by Crippen LogP contribution is -2.32. The monoisotopic (exact) mass is 380 g/mol. The molecule has 2 aromatic rings. The average molecular weight is 380 g/mol. The second-order valence-electron chi connectivity index (χ2n) is 6.92. The van der Waals surface area contributed by atoms with Gasteiger partial charge in [-0.3, -0.25) is 14.4 Å². The topological polar surface area (TPSA) is 105 Å². The summed E-state index contributed by atoms with van der Waals surface area (Å²) in [5, 5.41) is 5.98. The van der Waals surface area contributed by atoms with Crippen LogP contribution in [0.2, 0.25) is 0 Å². The zero-order chi connectivity index (χ0) is 20.1. The predicted octanol–water partition coefficient (Wildman–Crippen LogP) is 2.35. The summed E-state index contributed by atoms with van der Waals surface area (Å²) in [6, 6.07) is 13.7. The van der Waals surface area contributed by atoms with Crippen LogP contribution in [0.5, 0.6) is 0 Å². The Morgan fingerprint density at radius 2 is 1.89 bits per heavy atom. The Balaban J connectivity index is 1.58. The van der Waals surface area contributed by atoms with E-state index in [0.717, 1.165) is 24.2 Å². The fourth-order valence-corrected chi connectivity index (χ4v) is 3.13. The fraction of sp³-hybridized carbons (Fsp3) is 0.286. The van der Waals surface area contributed by atoms with Gasteiger partial charge in [-0.25, -0.2) is 0 Å². The Kier molecular flexibility index (Phi) is 5.93. The Hall–Kier alpha value is -3.35. The van der Waals surface area contributed by atoms with Crippen LogP contribution in [0.4, 0.5) is 11.4 Å². The van der Waals surface area contributed by atoms with E-state index in [4.69, 9.17) is 5.73 Å². The van der Waals surface area contributed by atoms with Crippen molar-refractivity contribution in [3.05, 3.63) is 59.7 Å². The summed E-state index contributed by atoms with van der Waals surface area (Å²) in [5.41, 5.74) is 8.03. The molecule has 1 aliphatic heterocycles. The normalized spacial score (nSPS) is 14.6. The number of rotatable bonds is 7. The van der Waals surface area contributed by atoms with E-state index < -0.39 is 11.9 Å². The average Bonchev–Trinajstić information content (AvgIpc) is 3.07. The molecule has 1 fully saturated rings. The van der Waals surface area contributed by atoms with Crippen LogP contribution in [-0.4, -0.2) is 35.2 Å². The number of carbonyl (C=O) groups is 3. The molecular formula is C21H24N4O3. The van der Waals surface area contributed by atoms with Gasteiger partial charge in [-0.05, 0) is 55.3 Å². The molecule has 3 rings (SSSR count). The summed E-state index contributed by atoms with van der Waals surface area (Å²) in [4.78, 5) is 37.2. The molecule has 3 amide bonds. The maximum Gasteiger partial charge on any atom is 0.248 e. The summed E-state index contributed by atoms with van der Waals surface area (Å²) in [6.07, 6.45) is 1.53. The fourth-order valence-electron chi connectivity index (χ4n) is 3.13. The number of nitrogens with two attached hydrogens (primary N) is 1. The van der Waals surface area contributed by atoms with Gasteiger partial charge >= 0.3 is 0 Å². The molecule has 1 heterocycles. The Morgan fingerprint density at radius 1 is 1.14 bits per heavy atom. The van der Waals surface area contributed by atoms with E-state index in [0.29, 0.717) is 24.2 Å². The maximum absolute atomic E-state index is 12.4. The molecule has 0 radical (unpaired) electrons. The summed E-state index contributed by atoms with van der Waals surface area (Å²) in [6.45, 7) is 3.15. The van der Waals surface area contributed by atoms with Crippen molar-refractivity contribution in [2.24, 2.45) is 5.73 Å². The summed E-state index contributed by atoms with van der Waals surface area (Å²) in [7, 11) is 0. The van der Waals surface area contributed by atoms with E-state index in [1.807, 2.05) is 29.2 Å². The third kappa shape index (κ3) is 4.88. The number of hydrogen-bond donors (Lipinski definition) is 3. The van der Waals surface area contributed by atoms with Crippen molar-refractivity contribution < 1.29 is 14.4 Å². The number of nitrogens with one attached hydrogen (secondary N) is 2. The standard InChI is InChI=1S/C21H24N4O3/c1-14(21(28)24-17-9-7-16(8-10-17)20(22)27)23-18-5-2-4-15(12-18)13-25-11-3-6-19(25)26/h2,4-5,7-10,12,14,23H,3,6,11,13H2,1H3,(H2,22,27)(H,24,28). The first-order chi connectivity index (χ1) is 13.4. The zero-order valence-electron chi connectivity index (χ0n) is 15.8.